The van der Waals surface area contributed by atoms with Crippen LogP contribution in [0.2, 0.25) is 0 Å². The molecule has 1 aromatic rings. The minimum Gasteiger partial charge on any atom is -0.618 e. The van der Waals surface area contributed by atoms with E-state index in [4.69, 9.17) is 10.2 Å². The highest BCUT2D eigenvalue weighted by Gasteiger charge is 2.26. The summed E-state index contributed by atoms with van der Waals surface area (Å²) >= 11 is 0. The molecule has 0 radical (unpaired) electrons. The zero-order chi connectivity index (χ0) is 11.7. The first-order valence-corrected chi connectivity index (χ1v) is 4.06. The lowest BCUT2D eigenvalue weighted by molar-refractivity contribution is -0.612. The number of carboxylic acids is 2. The lowest BCUT2D eigenvalue weighted by Gasteiger charge is -2.08. The molecular formula is C9H9NO5. The number of hydrogen-bond donors (Lipinski definition) is 2. The number of aromatic carboxylic acids is 2. The summed E-state index contributed by atoms with van der Waals surface area (Å²) < 4.78 is 0.352. The zero-order valence-corrected chi connectivity index (χ0v) is 8.14. The van der Waals surface area contributed by atoms with Gasteiger partial charge in [-0.2, -0.15) is 4.73 Å². The van der Waals surface area contributed by atoms with Crippen LogP contribution in [0.3, 0.4) is 0 Å². The van der Waals surface area contributed by atoms with Crippen LogP contribution < -0.4 is 4.73 Å². The third-order valence-corrected chi connectivity index (χ3v) is 2.08. The van der Waals surface area contributed by atoms with Crippen molar-refractivity contribution in [2.24, 2.45) is 0 Å². The summed E-state index contributed by atoms with van der Waals surface area (Å²) in [6, 6.07) is 0. The number of carbonyl (C=O) groups is 2. The average molecular weight is 211 g/mol. The Balaban J connectivity index is 3.69. The normalized spacial score (nSPS) is 10.0. The van der Waals surface area contributed by atoms with E-state index in [1.54, 1.807) is 0 Å². The van der Waals surface area contributed by atoms with Gasteiger partial charge in [0.25, 0.3) is 0 Å². The molecule has 1 rings (SSSR count). The Labute approximate surface area is 85.0 Å². The molecule has 80 valence electrons. The summed E-state index contributed by atoms with van der Waals surface area (Å²) in [5.74, 6) is -2.77. The van der Waals surface area contributed by atoms with E-state index in [1.165, 1.54) is 13.8 Å². The SMILES string of the molecule is Cc1c[n+]([O-])c(C)c(C(=O)O)c1C(=O)O. The van der Waals surface area contributed by atoms with Gasteiger partial charge in [-0.1, -0.05) is 0 Å². The summed E-state index contributed by atoms with van der Waals surface area (Å²) in [4.78, 5) is 21.7. The molecule has 0 aromatic carbocycles. The van der Waals surface area contributed by atoms with Crippen molar-refractivity contribution in [3.05, 3.63) is 33.8 Å². The second-order valence-corrected chi connectivity index (χ2v) is 3.08. The van der Waals surface area contributed by atoms with Crippen molar-refractivity contribution in [2.75, 3.05) is 0 Å². The molecule has 0 unspecified atom stereocenters. The van der Waals surface area contributed by atoms with Crippen LogP contribution >= 0.6 is 0 Å². The summed E-state index contributed by atoms with van der Waals surface area (Å²) in [7, 11) is 0. The predicted molar refractivity (Wildman–Crippen MR) is 48.8 cm³/mol. The first-order chi connectivity index (χ1) is 6.86. The Morgan fingerprint density at radius 1 is 1.20 bits per heavy atom. The Kier molecular flexibility index (Phi) is 2.61. The molecule has 1 heterocycles. The van der Waals surface area contributed by atoms with E-state index in [1.807, 2.05) is 0 Å². The van der Waals surface area contributed by atoms with Crippen molar-refractivity contribution in [1.29, 1.82) is 0 Å². The maximum Gasteiger partial charge on any atom is 0.343 e. The van der Waals surface area contributed by atoms with Crippen molar-refractivity contribution < 1.29 is 24.5 Å². The molecule has 0 aliphatic rings. The summed E-state index contributed by atoms with van der Waals surface area (Å²) in [5.41, 5.74) is -0.810. The molecule has 2 N–H and O–H groups in total. The van der Waals surface area contributed by atoms with Crippen LogP contribution in [0.15, 0.2) is 6.20 Å². The molecule has 1 aromatic heterocycles. The van der Waals surface area contributed by atoms with Gasteiger partial charge >= 0.3 is 11.9 Å². The first-order valence-electron chi connectivity index (χ1n) is 4.06. The van der Waals surface area contributed by atoms with Gasteiger partial charge in [0.1, 0.15) is 5.56 Å². The van der Waals surface area contributed by atoms with Gasteiger partial charge in [-0.05, 0) is 6.92 Å². The molecular weight excluding hydrogens is 202 g/mol. The van der Waals surface area contributed by atoms with Crippen LogP contribution in [0.5, 0.6) is 0 Å². The number of rotatable bonds is 2. The quantitative estimate of drug-likeness (QED) is 0.542. The molecule has 0 aliphatic heterocycles. The number of pyridine rings is 1. The van der Waals surface area contributed by atoms with E-state index < -0.39 is 17.5 Å². The lowest BCUT2D eigenvalue weighted by atomic mass is 10.0. The Bertz CT molecular complexity index is 452. The molecule has 0 saturated carbocycles. The highest BCUT2D eigenvalue weighted by Crippen LogP contribution is 2.15. The van der Waals surface area contributed by atoms with Crippen LogP contribution in [-0.4, -0.2) is 22.2 Å². The smallest absolute Gasteiger partial charge is 0.343 e. The van der Waals surface area contributed by atoms with Crippen LogP contribution in [0.1, 0.15) is 32.0 Å². The Morgan fingerprint density at radius 3 is 2.07 bits per heavy atom. The topological polar surface area (TPSA) is 102 Å². The molecule has 0 saturated heterocycles. The third kappa shape index (κ3) is 1.74. The van der Waals surface area contributed by atoms with Crippen molar-refractivity contribution in [2.45, 2.75) is 13.8 Å². The molecule has 6 nitrogen and oxygen atoms in total. The van der Waals surface area contributed by atoms with E-state index in [0.717, 1.165) is 6.20 Å². The fourth-order valence-electron chi connectivity index (χ4n) is 1.36. The van der Waals surface area contributed by atoms with Gasteiger partial charge in [-0.3, -0.25) is 0 Å². The zero-order valence-electron chi connectivity index (χ0n) is 8.14. The third-order valence-electron chi connectivity index (χ3n) is 2.08. The van der Waals surface area contributed by atoms with E-state index in [0.29, 0.717) is 4.73 Å². The van der Waals surface area contributed by atoms with Gasteiger partial charge in [0.2, 0.25) is 5.69 Å². The van der Waals surface area contributed by atoms with Gasteiger partial charge in [-0.15, -0.1) is 0 Å². The van der Waals surface area contributed by atoms with Crippen LogP contribution in [0.4, 0.5) is 0 Å². The first kappa shape index (κ1) is 11.0. The molecule has 0 atom stereocenters. The number of nitrogens with zero attached hydrogens (tertiary/aromatic N) is 1. The average Bonchev–Trinajstić information content (AvgIpc) is 2.09. The van der Waals surface area contributed by atoms with Gasteiger partial charge in [0, 0.05) is 12.5 Å². The highest BCUT2D eigenvalue weighted by atomic mass is 16.5. The maximum atomic E-state index is 11.2. The van der Waals surface area contributed by atoms with E-state index in [-0.39, 0.29) is 16.8 Å². The van der Waals surface area contributed by atoms with Crippen LogP contribution in [0, 0.1) is 19.1 Å². The lowest BCUT2D eigenvalue weighted by Crippen LogP contribution is -2.34. The van der Waals surface area contributed by atoms with Crippen LogP contribution in [0.25, 0.3) is 0 Å². The molecule has 0 bridgehead atoms. The van der Waals surface area contributed by atoms with Gasteiger partial charge < -0.3 is 15.4 Å². The minimum absolute atomic E-state index is 0.125. The monoisotopic (exact) mass is 211 g/mol. The Hall–Kier alpha value is -2.11. The molecule has 0 spiro atoms. The number of carboxylic acid groups (broad SMARTS) is 2. The highest BCUT2D eigenvalue weighted by molar-refractivity contribution is 6.03. The minimum atomic E-state index is -1.42. The fraction of sp³-hybridized carbons (Fsp3) is 0.222. The number of aromatic nitrogens is 1. The fourth-order valence-corrected chi connectivity index (χ4v) is 1.36. The van der Waals surface area contributed by atoms with Crippen molar-refractivity contribution in [3.8, 4) is 0 Å². The van der Waals surface area contributed by atoms with E-state index in [9.17, 15) is 14.8 Å². The van der Waals surface area contributed by atoms with Crippen molar-refractivity contribution in [1.82, 2.24) is 0 Å². The number of aryl methyl sites for hydroxylation is 1. The summed E-state index contributed by atoms with van der Waals surface area (Å²) in [6.45, 7) is 2.64. The van der Waals surface area contributed by atoms with Gasteiger partial charge in [-0.25, -0.2) is 9.59 Å². The standard InChI is InChI=1S/C9H9NO5/c1-4-3-10(15)5(2)7(9(13)14)6(4)8(11)12/h3H,1-2H3,(H,11,12)(H,13,14). The number of hydrogen-bond acceptors (Lipinski definition) is 3. The molecule has 15 heavy (non-hydrogen) atoms. The second kappa shape index (κ2) is 3.56. The molecule has 0 aliphatic carbocycles. The molecule has 0 fully saturated rings. The largest absolute Gasteiger partial charge is 0.618 e. The van der Waals surface area contributed by atoms with E-state index >= 15 is 0 Å². The van der Waals surface area contributed by atoms with Crippen molar-refractivity contribution in [3.63, 3.8) is 0 Å². The summed E-state index contributed by atoms with van der Waals surface area (Å²) in [6.07, 6.45) is 1.05. The Morgan fingerprint density at radius 2 is 1.67 bits per heavy atom. The van der Waals surface area contributed by atoms with Crippen LogP contribution in [-0.2, 0) is 0 Å². The van der Waals surface area contributed by atoms with Gasteiger partial charge in [0.05, 0.1) is 5.56 Å². The van der Waals surface area contributed by atoms with Gasteiger partial charge in [0.15, 0.2) is 6.20 Å². The molecule has 0 amide bonds. The molecule has 6 heteroatoms. The summed E-state index contributed by atoms with van der Waals surface area (Å²) in [5, 5.41) is 28.9. The predicted octanol–water partition coefficient (Wildman–Crippen LogP) is 0.333. The van der Waals surface area contributed by atoms with E-state index in [2.05, 4.69) is 0 Å². The maximum absolute atomic E-state index is 11.2. The van der Waals surface area contributed by atoms with Crippen molar-refractivity contribution >= 4 is 11.9 Å². The second-order valence-electron chi connectivity index (χ2n) is 3.08.